The van der Waals surface area contributed by atoms with Crippen molar-refractivity contribution in [3.8, 4) is 11.1 Å². The van der Waals surface area contributed by atoms with Crippen molar-refractivity contribution in [3.05, 3.63) is 67.0 Å². The Morgan fingerprint density at radius 1 is 0.850 bits per heavy atom. The van der Waals surface area contributed by atoms with Gasteiger partial charge in [-0.05, 0) is 11.6 Å². The van der Waals surface area contributed by atoms with E-state index in [0.29, 0.717) is 11.6 Å². The summed E-state index contributed by atoms with van der Waals surface area (Å²) in [5.41, 5.74) is 8.87. The normalized spacial score (nSPS) is 10.2. The highest BCUT2D eigenvalue weighted by molar-refractivity contribution is 5.80. The Balaban J connectivity index is 1.99. The van der Waals surface area contributed by atoms with Gasteiger partial charge in [-0.2, -0.15) is 0 Å². The number of hydrogen-bond donors (Lipinski definition) is 2. The number of nitrogens with one attached hydrogen (secondary N) is 1. The van der Waals surface area contributed by atoms with E-state index in [2.05, 4.69) is 33.5 Å². The Bertz CT molecular complexity index is 710. The van der Waals surface area contributed by atoms with Crippen molar-refractivity contribution in [2.45, 2.75) is 0 Å². The van der Waals surface area contributed by atoms with E-state index in [1.807, 2.05) is 36.4 Å². The average Bonchev–Trinajstić information content (AvgIpc) is 2.49. The lowest BCUT2D eigenvalue weighted by Crippen LogP contribution is -1.99. The molecule has 1 heterocycles. The maximum Gasteiger partial charge on any atom is 0.151 e. The Labute approximate surface area is 117 Å². The molecule has 4 heteroatoms. The van der Waals surface area contributed by atoms with Crippen LogP contribution in [0.2, 0.25) is 0 Å². The summed E-state index contributed by atoms with van der Waals surface area (Å²) in [5.74, 6) is 1.03. The largest absolute Gasteiger partial charge is 0.382 e. The van der Waals surface area contributed by atoms with Crippen molar-refractivity contribution in [2.24, 2.45) is 0 Å². The summed E-state index contributed by atoms with van der Waals surface area (Å²) < 4.78 is 0. The molecule has 3 N–H and O–H groups in total. The van der Waals surface area contributed by atoms with Crippen LogP contribution in [-0.2, 0) is 0 Å². The first-order chi connectivity index (χ1) is 9.83. The van der Waals surface area contributed by atoms with Gasteiger partial charge in [-0.25, -0.2) is 4.98 Å². The average molecular weight is 262 g/mol. The number of benzene rings is 2. The fraction of sp³-hybridized carbons (Fsp3) is 0. The van der Waals surface area contributed by atoms with Gasteiger partial charge in [-0.15, -0.1) is 0 Å². The van der Waals surface area contributed by atoms with E-state index < -0.39 is 0 Å². The maximum absolute atomic E-state index is 5.65. The quantitative estimate of drug-likeness (QED) is 0.758. The van der Waals surface area contributed by atoms with E-state index in [0.717, 1.165) is 16.8 Å². The van der Waals surface area contributed by atoms with Gasteiger partial charge in [-0.1, -0.05) is 48.5 Å². The molecule has 0 saturated heterocycles. The number of nitrogens with zero attached hydrogens (tertiary/aromatic N) is 2. The van der Waals surface area contributed by atoms with Crippen LogP contribution in [0.25, 0.3) is 11.1 Å². The number of rotatable bonds is 3. The Hall–Kier alpha value is -2.88. The summed E-state index contributed by atoms with van der Waals surface area (Å²) in [6.07, 6.45) is 3.17. The van der Waals surface area contributed by atoms with Gasteiger partial charge >= 0.3 is 0 Å². The third kappa shape index (κ3) is 2.59. The van der Waals surface area contributed by atoms with Crippen LogP contribution in [-0.4, -0.2) is 9.97 Å². The molecular weight excluding hydrogens is 248 g/mol. The van der Waals surface area contributed by atoms with E-state index in [-0.39, 0.29) is 0 Å². The Morgan fingerprint density at radius 3 is 2.40 bits per heavy atom. The van der Waals surface area contributed by atoms with Crippen LogP contribution in [0.5, 0.6) is 0 Å². The zero-order valence-corrected chi connectivity index (χ0v) is 10.8. The van der Waals surface area contributed by atoms with E-state index in [4.69, 9.17) is 5.73 Å². The molecule has 0 fully saturated rings. The fourth-order valence-corrected chi connectivity index (χ4v) is 2.04. The Morgan fingerprint density at radius 2 is 1.60 bits per heavy atom. The van der Waals surface area contributed by atoms with Crippen molar-refractivity contribution >= 4 is 17.3 Å². The molecule has 0 unspecified atom stereocenters. The molecule has 0 radical (unpaired) electrons. The van der Waals surface area contributed by atoms with Gasteiger partial charge in [0.2, 0.25) is 0 Å². The fourth-order valence-electron chi connectivity index (χ4n) is 2.04. The molecular formula is C16H14N4. The van der Waals surface area contributed by atoms with Crippen LogP contribution in [0, 0.1) is 0 Å². The summed E-state index contributed by atoms with van der Waals surface area (Å²) >= 11 is 0. The predicted octanol–water partition coefficient (Wildman–Crippen LogP) is 3.47. The molecule has 2 aromatic carbocycles. The number of aromatic nitrogens is 2. The van der Waals surface area contributed by atoms with Gasteiger partial charge < -0.3 is 11.1 Å². The van der Waals surface area contributed by atoms with Gasteiger partial charge in [-0.3, -0.25) is 4.98 Å². The molecule has 4 nitrogen and oxygen atoms in total. The minimum absolute atomic E-state index is 0.396. The lowest BCUT2D eigenvalue weighted by atomic mass is 10.0. The number of nitrogen functional groups attached to an aromatic ring is 1. The summed E-state index contributed by atoms with van der Waals surface area (Å²) in [7, 11) is 0. The van der Waals surface area contributed by atoms with E-state index in [1.165, 1.54) is 6.20 Å². The molecule has 98 valence electrons. The summed E-state index contributed by atoms with van der Waals surface area (Å²) in [5, 5.41) is 3.26. The standard InChI is InChI=1S/C16H14N4/c17-15-10-18-11-16(20-15)19-14-9-5-4-8-13(14)12-6-2-1-3-7-12/h1-11H,(H3,17,19,20). The van der Waals surface area contributed by atoms with Crippen molar-refractivity contribution < 1.29 is 0 Å². The second kappa shape index (κ2) is 5.40. The van der Waals surface area contributed by atoms with Crippen LogP contribution in [0.3, 0.4) is 0 Å². The molecule has 20 heavy (non-hydrogen) atoms. The molecule has 0 aliphatic heterocycles. The SMILES string of the molecule is Nc1cncc(Nc2ccccc2-c2ccccc2)n1. The van der Waals surface area contributed by atoms with Crippen LogP contribution in [0.15, 0.2) is 67.0 Å². The van der Waals surface area contributed by atoms with E-state index >= 15 is 0 Å². The van der Waals surface area contributed by atoms with Crippen LogP contribution >= 0.6 is 0 Å². The molecule has 0 amide bonds. The lowest BCUT2D eigenvalue weighted by molar-refractivity contribution is 1.21. The zero-order chi connectivity index (χ0) is 13.8. The Kier molecular flexibility index (Phi) is 3.29. The van der Waals surface area contributed by atoms with Crippen LogP contribution in [0.1, 0.15) is 0 Å². The molecule has 0 spiro atoms. The van der Waals surface area contributed by atoms with Gasteiger partial charge in [0, 0.05) is 11.3 Å². The molecule has 0 atom stereocenters. The first-order valence-electron chi connectivity index (χ1n) is 6.32. The molecule has 0 bridgehead atoms. The molecule has 0 aliphatic carbocycles. The number of nitrogens with two attached hydrogens (primary N) is 1. The lowest BCUT2D eigenvalue weighted by Gasteiger charge is -2.11. The molecule has 0 saturated carbocycles. The topological polar surface area (TPSA) is 63.8 Å². The molecule has 3 aromatic rings. The first kappa shape index (κ1) is 12.2. The maximum atomic E-state index is 5.65. The highest BCUT2D eigenvalue weighted by Gasteiger charge is 2.05. The third-order valence-corrected chi connectivity index (χ3v) is 2.93. The van der Waals surface area contributed by atoms with Crippen molar-refractivity contribution in [1.82, 2.24) is 9.97 Å². The smallest absolute Gasteiger partial charge is 0.151 e. The predicted molar refractivity (Wildman–Crippen MR) is 81.6 cm³/mol. The summed E-state index contributed by atoms with van der Waals surface area (Å²) in [4.78, 5) is 8.24. The molecule has 0 aliphatic rings. The summed E-state index contributed by atoms with van der Waals surface area (Å²) in [6.45, 7) is 0. The van der Waals surface area contributed by atoms with Crippen molar-refractivity contribution in [3.63, 3.8) is 0 Å². The van der Waals surface area contributed by atoms with Gasteiger partial charge in [0.15, 0.2) is 5.82 Å². The van der Waals surface area contributed by atoms with E-state index in [1.54, 1.807) is 6.20 Å². The summed E-state index contributed by atoms with van der Waals surface area (Å²) in [6, 6.07) is 18.3. The van der Waals surface area contributed by atoms with Gasteiger partial charge in [0.25, 0.3) is 0 Å². The first-order valence-corrected chi connectivity index (χ1v) is 6.32. The van der Waals surface area contributed by atoms with Crippen molar-refractivity contribution in [1.29, 1.82) is 0 Å². The third-order valence-electron chi connectivity index (χ3n) is 2.93. The van der Waals surface area contributed by atoms with E-state index in [9.17, 15) is 0 Å². The van der Waals surface area contributed by atoms with Crippen LogP contribution in [0.4, 0.5) is 17.3 Å². The zero-order valence-electron chi connectivity index (χ0n) is 10.8. The highest BCUT2D eigenvalue weighted by Crippen LogP contribution is 2.29. The number of anilines is 3. The molecule has 3 rings (SSSR count). The monoisotopic (exact) mass is 262 g/mol. The minimum atomic E-state index is 0.396. The highest BCUT2D eigenvalue weighted by atomic mass is 15.0. The number of para-hydroxylation sites is 1. The molecule has 1 aromatic heterocycles. The second-order valence-electron chi connectivity index (χ2n) is 4.37. The number of hydrogen-bond acceptors (Lipinski definition) is 4. The van der Waals surface area contributed by atoms with Crippen LogP contribution < -0.4 is 11.1 Å². The van der Waals surface area contributed by atoms with Gasteiger partial charge in [0.1, 0.15) is 5.82 Å². The van der Waals surface area contributed by atoms with Crippen molar-refractivity contribution in [2.75, 3.05) is 11.1 Å². The second-order valence-corrected chi connectivity index (χ2v) is 4.37. The van der Waals surface area contributed by atoms with Gasteiger partial charge in [0.05, 0.1) is 12.4 Å². The minimum Gasteiger partial charge on any atom is -0.382 e.